The first-order valence-corrected chi connectivity index (χ1v) is 7.41. The molecule has 1 atom stereocenters. The van der Waals surface area contributed by atoms with Gasteiger partial charge in [-0.3, -0.25) is 0 Å². The van der Waals surface area contributed by atoms with Crippen molar-refractivity contribution in [2.24, 2.45) is 0 Å². The lowest BCUT2D eigenvalue weighted by Gasteiger charge is -2.20. The molecule has 0 bridgehead atoms. The highest BCUT2D eigenvalue weighted by molar-refractivity contribution is 7.88. The minimum atomic E-state index is -3.22. The second-order valence-corrected chi connectivity index (χ2v) is 6.40. The number of hydrogen-bond donors (Lipinski definition) is 1. The van der Waals surface area contributed by atoms with Crippen molar-refractivity contribution < 1.29 is 13.2 Å². The van der Waals surface area contributed by atoms with Crippen molar-refractivity contribution in [2.45, 2.75) is 31.4 Å². The lowest BCUT2D eigenvalue weighted by atomic mass is 10.1. The largest absolute Gasteiger partial charge is 0.495 e. The summed E-state index contributed by atoms with van der Waals surface area (Å²) in [7, 11) is -3.22. The van der Waals surface area contributed by atoms with Crippen LogP contribution in [0.15, 0.2) is 22.9 Å². The Labute approximate surface area is 100 Å². The smallest absolute Gasteiger partial charge is 0.209 e. The molecule has 2 aliphatic carbocycles. The molecule has 0 radical (unpaired) electrons. The van der Waals surface area contributed by atoms with Gasteiger partial charge in [-0.1, -0.05) is 11.6 Å². The van der Waals surface area contributed by atoms with Crippen LogP contribution in [-0.2, 0) is 14.8 Å². The van der Waals surface area contributed by atoms with Crippen LogP contribution in [0.4, 0.5) is 0 Å². The van der Waals surface area contributed by atoms with Gasteiger partial charge in [0, 0.05) is 17.5 Å². The fraction of sp³-hybridized carbons (Fsp3) is 0.600. The molecule has 4 nitrogen and oxygen atoms in total. The molecule has 1 fully saturated rings. The highest BCUT2D eigenvalue weighted by atomic mass is 35.5. The van der Waals surface area contributed by atoms with E-state index < -0.39 is 10.0 Å². The molecule has 1 N–H and O–H groups in total. The summed E-state index contributed by atoms with van der Waals surface area (Å²) in [4.78, 5) is 0. The molecule has 0 aromatic rings. The van der Waals surface area contributed by atoms with Gasteiger partial charge >= 0.3 is 0 Å². The maximum Gasteiger partial charge on any atom is 0.209 e. The van der Waals surface area contributed by atoms with E-state index in [1.807, 2.05) is 0 Å². The van der Waals surface area contributed by atoms with Crippen LogP contribution in [0, 0.1) is 0 Å². The molecule has 0 amide bonds. The average Bonchev–Trinajstić information content (AvgIpc) is 2.82. The molecule has 6 heteroatoms. The lowest BCUT2D eigenvalue weighted by Crippen LogP contribution is -2.34. The Morgan fingerprint density at radius 1 is 1.50 bits per heavy atom. The summed E-state index contributed by atoms with van der Waals surface area (Å²) in [5.41, 5.74) is 0. The molecule has 2 aliphatic rings. The Balaban J connectivity index is 2.00. The van der Waals surface area contributed by atoms with Crippen LogP contribution in [0.2, 0.25) is 0 Å². The maximum atomic E-state index is 11.1. The van der Waals surface area contributed by atoms with Crippen LogP contribution in [-0.4, -0.2) is 26.8 Å². The molecule has 90 valence electrons. The van der Waals surface area contributed by atoms with Gasteiger partial charge in [0.25, 0.3) is 0 Å². The van der Waals surface area contributed by atoms with Gasteiger partial charge in [0.05, 0.1) is 18.1 Å². The molecule has 0 spiro atoms. The highest BCUT2D eigenvalue weighted by Gasteiger charge is 2.27. The van der Waals surface area contributed by atoms with Crippen molar-refractivity contribution in [3.63, 3.8) is 0 Å². The van der Waals surface area contributed by atoms with E-state index in [4.69, 9.17) is 16.3 Å². The van der Waals surface area contributed by atoms with Crippen LogP contribution in [0.3, 0.4) is 0 Å². The zero-order valence-electron chi connectivity index (χ0n) is 8.94. The quantitative estimate of drug-likeness (QED) is 0.836. The first kappa shape index (κ1) is 12.0. The number of sulfonamides is 1. The van der Waals surface area contributed by atoms with E-state index in [0.717, 1.165) is 24.9 Å². The van der Waals surface area contributed by atoms with Gasteiger partial charge in [0.2, 0.25) is 10.0 Å². The molecular weight excluding hydrogens is 250 g/mol. The van der Waals surface area contributed by atoms with Gasteiger partial charge < -0.3 is 4.74 Å². The average molecular weight is 264 g/mol. The predicted molar refractivity (Wildman–Crippen MR) is 62.5 cm³/mol. The second kappa shape index (κ2) is 4.39. The Kier molecular flexibility index (Phi) is 3.28. The molecule has 2 rings (SSSR count). The summed E-state index contributed by atoms with van der Waals surface area (Å²) in [6.45, 7) is 0. The Hall–Kier alpha value is -0.520. The van der Waals surface area contributed by atoms with Crippen molar-refractivity contribution >= 4 is 21.6 Å². The minimum absolute atomic E-state index is 0.299. The Morgan fingerprint density at radius 2 is 2.19 bits per heavy atom. The Bertz CT molecular complexity index is 437. The zero-order valence-corrected chi connectivity index (χ0v) is 10.5. The fourth-order valence-electron chi connectivity index (χ4n) is 1.56. The number of rotatable bonds is 4. The summed E-state index contributed by atoms with van der Waals surface area (Å²) in [6.07, 6.45) is 7.54. The van der Waals surface area contributed by atoms with Crippen molar-refractivity contribution in [1.82, 2.24) is 4.72 Å². The third kappa shape index (κ3) is 3.81. The van der Waals surface area contributed by atoms with Crippen molar-refractivity contribution in [3.8, 4) is 0 Å². The maximum absolute atomic E-state index is 11.1. The van der Waals surface area contributed by atoms with Crippen LogP contribution in [0.25, 0.3) is 0 Å². The first-order chi connectivity index (χ1) is 7.42. The molecule has 16 heavy (non-hydrogen) atoms. The SMILES string of the molecule is CS(=O)(=O)NC1C=C(Cl)C=C(OC2CC2)C1. The number of ether oxygens (including phenoxy) is 1. The molecule has 1 saturated carbocycles. The first-order valence-electron chi connectivity index (χ1n) is 5.14. The van der Waals surface area contributed by atoms with Gasteiger partial charge in [-0.15, -0.1) is 0 Å². The molecule has 0 aromatic carbocycles. The van der Waals surface area contributed by atoms with Crippen LogP contribution in [0.5, 0.6) is 0 Å². The van der Waals surface area contributed by atoms with Gasteiger partial charge in [-0.05, 0) is 25.0 Å². The number of halogens is 1. The van der Waals surface area contributed by atoms with Gasteiger partial charge in [0.1, 0.15) is 0 Å². The standard InChI is InChI=1S/C10H14ClNO3S/c1-16(13,14)12-8-4-7(11)5-10(6-8)15-9-2-3-9/h4-5,8-9,12H,2-3,6H2,1H3. The zero-order chi connectivity index (χ0) is 11.8. The van der Waals surface area contributed by atoms with Gasteiger partial charge in [-0.2, -0.15) is 0 Å². The Morgan fingerprint density at radius 3 is 2.75 bits per heavy atom. The number of hydrogen-bond acceptors (Lipinski definition) is 3. The van der Waals surface area contributed by atoms with Crippen LogP contribution < -0.4 is 4.72 Å². The number of allylic oxidation sites excluding steroid dienone is 2. The molecular formula is C10H14ClNO3S. The third-order valence-corrected chi connectivity index (χ3v) is 3.25. The molecule has 0 aromatic heterocycles. The van der Waals surface area contributed by atoms with Gasteiger partial charge in [0.15, 0.2) is 0 Å². The molecule has 0 aliphatic heterocycles. The lowest BCUT2D eigenvalue weighted by molar-refractivity contribution is 0.183. The van der Waals surface area contributed by atoms with Crippen molar-refractivity contribution in [2.75, 3.05) is 6.26 Å². The van der Waals surface area contributed by atoms with E-state index in [0.29, 0.717) is 17.6 Å². The summed E-state index contributed by atoms with van der Waals surface area (Å²) in [5, 5.41) is 0.517. The van der Waals surface area contributed by atoms with Gasteiger partial charge in [-0.25, -0.2) is 13.1 Å². The van der Waals surface area contributed by atoms with E-state index in [9.17, 15) is 8.42 Å². The predicted octanol–water partition coefficient (Wildman–Crippen LogP) is 1.49. The van der Waals surface area contributed by atoms with Crippen molar-refractivity contribution in [3.05, 3.63) is 22.9 Å². The van der Waals surface area contributed by atoms with E-state index in [-0.39, 0.29) is 6.04 Å². The summed E-state index contributed by atoms with van der Waals surface area (Å²) < 4.78 is 30.3. The van der Waals surface area contributed by atoms with E-state index in [1.165, 1.54) is 0 Å². The van der Waals surface area contributed by atoms with E-state index in [2.05, 4.69) is 4.72 Å². The molecule has 0 heterocycles. The van der Waals surface area contributed by atoms with Crippen molar-refractivity contribution in [1.29, 1.82) is 0 Å². The number of nitrogens with one attached hydrogen (secondary N) is 1. The van der Waals surface area contributed by atoms with E-state index in [1.54, 1.807) is 12.2 Å². The minimum Gasteiger partial charge on any atom is -0.495 e. The van der Waals surface area contributed by atoms with E-state index >= 15 is 0 Å². The monoisotopic (exact) mass is 263 g/mol. The highest BCUT2D eigenvalue weighted by Crippen LogP contribution is 2.30. The summed E-state index contributed by atoms with van der Waals surface area (Å²) >= 11 is 5.91. The third-order valence-electron chi connectivity index (χ3n) is 2.29. The fourth-order valence-corrected chi connectivity index (χ4v) is 2.54. The van der Waals surface area contributed by atoms with Crippen LogP contribution >= 0.6 is 11.6 Å². The summed E-state index contributed by atoms with van der Waals surface area (Å²) in [6, 6.07) is -0.304. The summed E-state index contributed by atoms with van der Waals surface area (Å²) in [5.74, 6) is 0.760. The van der Waals surface area contributed by atoms with Crippen LogP contribution in [0.1, 0.15) is 19.3 Å². The second-order valence-electron chi connectivity index (χ2n) is 4.18. The normalized spacial score (nSPS) is 26.0. The topological polar surface area (TPSA) is 55.4 Å². The molecule has 1 unspecified atom stereocenters. The molecule has 0 saturated heterocycles.